The fourth-order valence-electron chi connectivity index (χ4n) is 3.24. The minimum Gasteiger partial charge on any atom is -0.330 e. The lowest BCUT2D eigenvalue weighted by molar-refractivity contribution is -0.120. The largest absolute Gasteiger partial charge is 0.330 e. The first-order valence-electron chi connectivity index (χ1n) is 7.94. The van der Waals surface area contributed by atoms with Crippen molar-refractivity contribution in [2.24, 2.45) is 17.6 Å². The van der Waals surface area contributed by atoms with Crippen molar-refractivity contribution in [2.45, 2.75) is 25.8 Å². The molecule has 1 aromatic carbocycles. The highest BCUT2D eigenvalue weighted by molar-refractivity contribution is 6.31. The van der Waals surface area contributed by atoms with Gasteiger partial charge in [-0.25, -0.2) is 4.98 Å². The first-order chi connectivity index (χ1) is 11.2. The summed E-state index contributed by atoms with van der Waals surface area (Å²) in [6.07, 6.45) is 6.52. The van der Waals surface area contributed by atoms with Gasteiger partial charge >= 0.3 is 0 Å². The zero-order valence-corrected chi connectivity index (χ0v) is 14.9. The SMILES string of the molecule is Cl.NC[C@H]1CCC[C@H]1C(=O)Nc1nccn1Cc1ccccc1Cl. The molecular weight excluding hydrogens is 347 g/mol. The maximum atomic E-state index is 12.5. The third-order valence-corrected chi connectivity index (χ3v) is 4.92. The molecule has 0 spiro atoms. The number of anilines is 1. The summed E-state index contributed by atoms with van der Waals surface area (Å²) < 4.78 is 1.89. The van der Waals surface area contributed by atoms with E-state index in [-0.39, 0.29) is 30.2 Å². The van der Waals surface area contributed by atoms with Gasteiger partial charge in [0.2, 0.25) is 11.9 Å². The first-order valence-corrected chi connectivity index (χ1v) is 8.32. The summed E-state index contributed by atoms with van der Waals surface area (Å²) in [7, 11) is 0. The van der Waals surface area contributed by atoms with Crippen LogP contribution in [0.1, 0.15) is 24.8 Å². The molecule has 5 nitrogen and oxygen atoms in total. The minimum atomic E-state index is -0.00883. The molecule has 0 saturated heterocycles. The number of imidazole rings is 1. The number of nitrogens with zero attached hydrogens (tertiary/aromatic N) is 2. The van der Waals surface area contributed by atoms with Crippen molar-refractivity contribution in [2.75, 3.05) is 11.9 Å². The van der Waals surface area contributed by atoms with Crippen molar-refractivity contribution in [3.8, 4) is 0 Å². The third-order valence-electron chi connectivity index (χ3n) is 4.55. The monoisotopic (exact) mass is 368 g/mol. The number of hydrogen-bond acceptors (Lipinski definition) is 3. The van der Waals surface area contributed by atoms with E-state index in [4.69, 9.17) is 17.3 Å². The summed E-state index contributed by atoms with van der Waals surface area (Å²) in [6, 6.07) is 7.67. The van der Waals surface area contributed by atoms with E-state index in [0.717, 1.165) is 24.8 Å². The topological polar surface area (TPSA) is 72.9 Å². The molecule has 1 amide bonds. The fourth-order valence-corrected chi connectivity index (χ4v) is 3.43. The second-order valence-electron chi connectivity index (χ2n) is 5.99. The van der Waals surface area contributed by atoms with Crippen LogP contribution in [0.3, 0.4) is 0 Å². The van der Waals surface area contributed by atoms with Gasteiger partial charge in [0.05, 0.1) is 6.54 Å². The minimum absolute atomic E-state index is 0. The van der Waals surface area contributed by atoms with Gasteiger partial charge in [-0.15, -0.1) is 12.4 Å². The van der Waals surface area contributed by atoms with Gasteiger partial charge in [-0.05, 0) is 36.9 Å². The summed E-state index contributed by atoms with van der Waals surface area (Å²) in [4.78, 5) is 16.8. The summed E-state index contributed by atoms with van der Waals surface area (Å²) in [5, 5.41) is 3.66. The van der Waals surface area contributed by atoms with E-state index in [0.29, 0.717) is 24.1 Å². The highest BCUT2D eigenvalue weighted by atomic mass is 35.5. The van der Waals surface area contributed by atoms with Gasteiger partial charge in [-0.3, -0.25) is 10.1 Å². The van der Waals surface area contributed by atoms with Crippen LogP contribution in [0.4, 0.5) is 5.95 Å². The van der Waals surface area contributed by atoms with Gasteiger partial charge in [-0.1, -0.05) is 36.2 Å². The molecule has 130 valence electrons. The molecule has 1 aliphatic carbocycles. The number of hydrogen-bond donors (Lipinski definition) is 2. The van der Waals surface area contributed by atoms with Gasteiger partial charge in [0.1, 0.15) is 0 Å². The van der Waals surface area contributed by atoms with Gasteiger partial charge in [-0.2, -0.15) is 0 Å². The van der Waals surface area contributed by atoms with E-state index in [9.17, 15) is 4.79 Å². The van der Waals surface area contributed by atoms with Crippen LogP contribution in [0.2, 0.25) is 5.02 Å². The van der Waals surface area contributed by atoms with E-state index in [1.807, 2.05) is 35.0 Å². The molecule has 1 aromatic heterocycles. The Bertz CT molecular complexity index is 689. The standard InChI is InChI=1S/C17H21ClN4O.ClH/c18-15-7-2-1-4-13(15)11-22-9-8-20-17(22)21-16(23)14-6-3-5-12(14)10-19;/h1-2,4,7-9,12,14H,3,5-6,10-11,19H2,(H,20,21,23);1H/t12-,14-;/m1./s1. The lowest BCUT2D eigenvalue weighted by atomic mass is 9.95. The normalized spacial score (nSPS) is 19.8. The number of nitrogens with two attached hydrogens (primary N) is 1. The van der Waals surface area contributed by atoms with Crippen molar-refractivity contribution in [1.29, 1.82) is 0 Å². The Morgan fingerprint density at radius 3 is 2.92 bits per heavy atom. The molecule has 1 heterocycles. The molecule has 2 aromatic rings. The molecule has 0 bridgehead atoms. The number of amides is 1. The lowest BCUT2D eigenvalue weighted by Crippen LogP contribution is -2.30. The Balaban J connectivity index is 0.00000208. The maximum absolute atomic E-state index is 12.5. The van der Waals surface area contributed by atoms with Crippen LogP contribution in [0.15, 0.2) is 36.7 Å². The Kier molecular flexibility index (Phi) is 6.66. The Hall–Kier alpha value is -1.56. The van der Waals surface area contributed by atoms with Crippen molar-refractivity contribution in [3.63, 3.8) is 0 Å². The molecular formula is C17H22Cl2N4O. The number of carbonyl (C=O) groups is 1. The van der Waals surface area contributed by atoms with Gasteiger partial charge in [0.15, 0.2) is 0 Å². The van der Waals surface area contributed by atoms with E-state index >= 15 is 0 Å². The maximum Gasteiger partial charge on any atom is 0.230 e. The van der Waals surface area contributed by atoms with Crippen LogP contribution >= 0.6 is 24.0 Å². The summed E-state index contributed by atoms with van der Waals surface area (Å²) in [6.45, 7) is 1.13. The van der Waals surface area contributed by atoms with Crippen LogP contribution < -0.4 is 11.1 Å². The Labute approximate surface area is 153 Å². The number of benzene rings is 1. The molecule has 1 fully saturated rings. The van der Waals surface area contributed by atoms with Crippen LogP contribution in [-0.4, -0.2) is 22.0 Å². The predicted octanol–water partition coefficient (Wildman–Crippen LogP) is 3.32. The number of nitrogens with one attached hydrogen (secondary N) is 1. The zero-order chi connectivity index (χ0) is 16.2. The van der Waals surface area contributed by atoms with Crippen LogP contribution in [0, 0.1) is 11.8 Å². The van der Waals surface area contributed by atoms with E-state index in [1.54, 1.807) is 6.20 Å². The van der Waals surface area contributed by atoms with Gasteiger partial charge < -0.3 is 10.3 Å². The molecule has 0 radical (unpaired) electrons. The zero-order valence-electron chi connectivity index (χ0n) is 13.3. The third kappa shape index (κ3) is 4.09. The Morgan fingerprint density at radius 1 is 1.38 bits per heavy atom. The molecule has 2 atom stereocenters. The van der Waals surface area contributed by atoms with Gasteiger partial charge in [0, 0.05) is 23.3 Å². The second-order valence-corrected chi connectivity index (χ2v) is 6.40. The molecule has 24 heavy (non-hydrogen) atoms. The van der Waals surface area contributed by atoms with E-state index in [2.05, 4.69) is 10.3 Å². The number of halogens is 2. The highest BCUT2D eigenvalue weighted by Gasteiger charge is 2.32. The van der Waals surface area contributed by atoms with Crippen molar-refractivity contribution >= 4 is 35.9 Å². The molecule has 1 aliphatic rings. The van der Waals surface area contributed by atoms with Crippen LogP contribution in [0.25, 0.3) is 0 Å². The van der Waals surface area contributed by atoms with Crippen LogP contribution in [0.5, 0.6) is 0 Å². The Morgan fingerprint density at radius 2 is 2.17 bits per heavy atom. The number of aromatic nitrogens is 2. The van der Waals surface area contributed by atoms with Crippen molar-refractivity contribution < 1.29 is 4.79 Å². The quantitative estimate of drug-likeness (QED) is 0.849. The molecule has 3 rings (SSSR count). The number of rotatable bonds is 5. The highest BCUT2D eigenvalue weighted by Crippen LogP contribution is 2.31. The molecule has 0 unspecified atom stereocenters. The molecule has 1 saturated carbocycles. The fraction of sp³-hybridized carbons (Fsp3) is 0.412. The van der Waals surface area contributed by atoms with E-state index in [1.165, 1.54) is 0 Å². The first kappa shape index (κ1) is 18.8. The molecule has 7 heteroatoms. The average molecular weight is 369 g/mol. The predicted molar refractivity (Wildman–Crippen MR) is 98.5 cm³/mol. The second kappa shape index (κ2) is 8.51. The van der Waals surface area contributed by atoms with Crippen molar-refractivity contribution in [1.82, 2.24) is 9.55 Å². The average Bonchev–Trinajstić information content (AvgIpc) is 3.19. The lowest BCUT2D eigenvalue weighted by Gasteiger charge is -2.17. The van der Waals surface area contributed by atoms with Crippen LogP contribution in [-0.2, 0) is 11.3 Å². The molecule has 0 aliphatic heterocycles. The summed E-state index contributed by atoms with van der Waals surface area (Å²) in [5.74, 6) is 0.842. The summed E-state index contributed by atoms with van der Waals surface area (Å²) in [5.41, 5.74) is 6.76. The van der Waals surface area contributed by atoms with E-state index < -0.39 is 0 Å². The smallest absolute Gasteiger partial charge is 0.230 e. The van der Waals surface area contributed by atoms with Crippen molar-refractivity contribution in [3.05, 3.63) is 47.2 Å². The van der Waals surface area contributed by atoms with Gasteiger partial charge in [0.25, 0.3) is 0 Å². The number of carbonyl (C=O) groups excluding carboxylic acids is 1. The molecule has 3 N–H and O–H groups in total. The summed E-state index contributed by atoms with van der Waals surface area (Å²) >= 11 is 6.21.